The summed E-state index contributed by atoms with van der Waals surface area (Å²) in [4.78, 5) is 23.3. The standard InChI is InChI=1S/C11H17NO3/c1-2-15-11(14)7-3-8-5-12-6-9(4-7)10(8)13/h7-9,12H,2-6H2,1H3. The molecule has 2 aliphatic rings. The van der Waals surface area contributed by atoms with Crippen LogP contribution in [0.2, 0.25) is 0 Å². The lowest BCUT2D eigenvalue weighted by molar-refractivity contribution is -0.152. The number of carbonyl (C=O) groups excluding carboxylic acids is 2. The van der Waals surface area contributed by atoms with Crippen LogP contribution in [0, 0.1) is 17.8 Å². The van der Waals surface area contributed by atoms with Crippen LogP contribution in [0.25, 0.3) is 0 Å². The molecule has 0 spiro atoms. The van der Waals surface area contributed by atoms with Crippen LogP contribution >= 0.6 is 0 Å². The lowest BCUT2D eigenvalue weighted by Gasteiger charge is -2.36. The molecule has 0 radical (unpaired) electrons. The number of hydrogen-bond acceptors (Lipinski definition) is 4. The van der Waals surface area contributed by atoms with Gasteiger partial charge in [-0.25, -0.2) is 0 Å². The third-order valence-electron chi connectivity index (χ3n) is 3.34. The maximum atomic E-state index is 11.7. The normalized spacial score (nSPS) is 35.0. The van der Waals surface area contributed by atoms with Crippen molar-refractivity contribution in [3.63, 3.8) is 0 Å². The summed E-state index contributed by atoms with van der Waals surface area (Å²) in [7, 11) is 0. The van der Waals surface area contributed by atoms with E-state index >= 15 is 0 Å². The van der Waals surface area contributed by atoms with Gasteiger partial charge in [0.1, 0.15) is 5.78 Å². The predicted octanol–water partition coefficient (Wildman–Crippen LogP) is 0.364. The fourth-order valence-electron chi connectivity index (χ4n) is 2.60. The van der Waals surface area contributed by atoms with Gasteiger partial charge in [-0.1, -0.05) is 0 Å². The number of piperidine rings is 1. The molecular formula is C11H17NO3. The second kappa shape index (κ2) is 4.31. The molecule has 0 aromatic carbocycles. The van der Waals surface area contributed by atoms with Crippen LogP contribution < -0.4 is 5.32 Å². The molecule has 1 aliphatic heterocycles. The Morgan fingerprint density at radius 3 is 2.53 bits per heavy atom. The first-order chi connectivity index (χ1) is 7.22. The molecule has 2 rings (SSSR count). The Kier molecular flexibility index (Phi) is 3.05. The van der Waals surface area contributed by atoms with Crippen LogP contribution in [0.4, 0.5) is 0 Å². The van der Waals surface area contributed by atoms with Crippen LogP contribution in [0.15, 0.2) is 0 Å². The summed E-state index contributed by atoms with van der Waals surface area (Å²) in [5, 5.41) is 3.24. The van der Waals surface area contributed by atoms with E-state index < -0.39 is 0 Å². The highest BCUT2D eigenvalue weighted by Crippen LogP contribution is 2.33. The molecule has 4 heteroatoms. The zero-order chi connectivity index (χ0) is 10.8. The minimum absolute atomic E-state index is 0.0342. The maximum absolute atomic E-state index is 11.7. The Balaban J connectivity index is 2.01. The van der Waals surface area contributed by atoms with Crippen LogP contribution in [0.3, 0.4) is 0 Å². The Bertz CT molecular complexity index is 261. The summed E-state index contributed by atoms with van der Waals surface area (Å²) >= 11 is 0. The number of carbonyl (C=O) groups is 2. The minimum Gasteiger partial charge on any atom is -0.466 e. The second-order valence-electron chi connectivity index (χ2n) is 4.37. The molecule has 1 saturated carbocycles. The van der Waals surface area contributed by atoms with E-state index in [2.05, 4.69) is 5.32 Å². The van der Waals surface area contributed by atoms with Crippen molar-refractivity contribution in [1.82, 2.24) is 5.32 Å². The van der Waals surface area contributed by atoms with Gasteiger partial charge < -0.3 is 10.1 Å². The molecule has 4 nitrogen and oxygen atoms in total. The van der Waals surface area contributed by atoms with E-state index in [4.69, 9.17) is 4.74 Å². The molecule has 1 N–H and O–H groups in total. The highest BCUT2D eigenvalue weighted by molar-refractivity contribution is 5.87. The molecule has 1 saturated heterocycles. The summed E-state index contributed by atoms with van der Waals surface area (Å²) in [6.07, 6.45) is 1.34. The Morgan fingerprint density at radius 2 is 2.00 bits per heavy atom. The van der Waals surface area contributed by atoms with Crippen molar-refractivity contribution in [2.24, 2.45) is 17.8 Å². The number of Topliss-reactive ketones (excluding diaryl/α,β-unsaturated/α-hetero) is 1. The molecule has 84 valence electrons. The molecule has 1 heterocycles. The molecular weight excluding hydrogens is 194 g/mol. The lowest BCUT2D eigenvalue weighted by atomic mass is 9.72. The summed E-state index contributed by atoms with van der Waals surface area (Å²) in [5.41, 5.74) is 0. The van der Waals surface area contributed by atoms with Crippen molar-refractivity contribution in [1.29, 1.82) is 0 Å². The van der Waals surface area contributed by atoms with Crippen molar-refractivity contribution < 1.29 is 14.3 Å². The molecule has 0 aromatic rings. The summed E-state index contributed by atoms with van der Waals surface area (Å²) in [5.74, 6) is 0.231. The van der Waals surface area contributed by atoms with Gasteiger partial charge in [-0.15, -0.1) is 0 Å². The SMILES string of the molecule is CCOC(=O)C1CC2CNCC(C1)C2=O. The Labute approximate surface area is 89.4 Å². The zero-order valence-electron chi connectivity index (χ0n) is 8.99. The summed E-state index contributed by atoms with van der Waals surface area (Å²) in [6, 6.07) is 0. The lowest BCUT2D eigenvalue weighted by Crippen LogP contribution is -2.50. The number of ether oxygens (including phenoxy) is 1. The summed E-state index contributed by atoms with van der Waals surface area (Å²) < 4.78 is 5.01. The highest BCUT2D eigenvalue weighted by atomic mass is 16.5. The third-order valence-corrected chi connectivity index (χ3v) is 3.34. The van der Waals surface area contributed by atoms with Crippen molar-refractivity contribution in [2.75, 3.05) is 19.7 Å². The number of fused-ring (bicyclic) bond motifs is 2. The van der Waals surface area contributed by atoms with Crippen LogP contribution in [0.1, 0.15) is 19.8 Å². The van der Waals surface area contributed by atoms with E-state index in [9.17, 15) is 9.59 Å². The van der Waals surface area contributed by atoms with Crippen molar-refractivity contribution >= 4 is 11.8 Å². The van der Waals surface area contributed by atoms with Crippen LogP contribution in [-0.4, -0.2) is 31.4 Å². The van der Waals surface area contributed by atoms with Gasteiger partial charge in [-0.05, 0) is 19.8 Å². The number of hydrogen-bond donors (Lipinski definition) is 1. The van der Waals surface area contributed by atoms with E-state index in [1.165, 1.54) is 0 Å². The molecule has 0 amide bonds. The number of nitrogens with one attached hydrogen (secondary N) is 1. The van der Waals surface area contributed by atoms with Gasteiger partial charge >= 0.3 is 5.97 Å². The first kappa shape index (κ1) is 10.6. The molecule has 1 aliphatic carbocycles. The van der Waals surface area contributed by atoms with Gasteiger partial charge in [0, 0.05) is 24.9 Å². The van der Waals surface area contributed by atoms with Crippen molar-refractivity contribution in [2.45, 2.75) is 19.8 Å². The van der Waals surface area contributed by atoms with Gasteiger partial charge in [0.25, 0.3) is 0 Å². The quantitative estimate of drug-likeness (QED) is 0.670. The van der Waals surface area contributed by atoms with Crippen LogP contribution in [-0.2, 0) is 14.3 Å². The monoisotopic (exact) mass is 211 g/mol. The van der Waals surface area contributed by atoms with Gasteiger partial charge in [-0.2, -0.15) is 0 Å². The Morgan fingerprint density at radius 1 is 1.40 bits per heavy atom. The van der Waals surface area contributed by atoms with Crippen molar-refractivity contribution in [3.05, 3.63) is 0 Å². The average Bonchev–Trinajstić information content (AvgIpc) is 2.17. The van der Waals surface area contributed by atoms with Gasteiger partial charge in [0.15, 0.2) is 0 Å². The second-order valence-corrected chi connectivity index (χ2v) is 4.37. The maximum Gasteiger partial charge on any atom is 0.308 e. The minimum atomic E-state index is -0.123. The van der Waals surface area contributed by atoms with Gasteiger partial charge in [0.05, 0.1) is 12.5 Å². The van der Waals surface area contributed by atoms with Gasteiger partial charge in [-0.3, -0.25) is 9.59 Å². The molecule has 2 fully saturated rings. The topological polar surface area (TPSA) is 55.4 Å². The fourth-order valence-corrected chi connectivity index (χ4v) is 2.60. The van der Waals surface area contributed by atoms with E-state index in [0.29, 0.717) is 25.2 Å². The summed E-state index contributed by atoms with van der Waals surface area (Å²) in [6.45, 7) is 3.70. The smallest absolute Gasteiger partial charge is 0.308 e. The number of ketones is 1. The first-order valence-electron chi connectivity index (χ1n) is 5.63. The highest BCUT2D eigenvalue weighted by Gasteiger charge is 2.41. The van der Waals surface area contributed by atoms with E-state index in [1.807, 2.05) is 6.92 Å². The third kappa shape index (κ3) is 2.04. The molecule has 2 bridgehead atoms. The first-order valence-corrected chi connectivity index (χ1v) is 5.63. The number of rotatable bonds is 2. The van der Waals surface area contributed by atoms with Crippen molar-refractivity contribution in [3.8, 4) is 0 Å². The zero-order valence-corrected chi connectivity index (χ0v) is 8.99. The molecule has 2 unspecified atom stereocenters. The molecule has 2 atom stereocenters. The largest absolute Gasteiger partial charge is 0.466 e. The fraction of sp³-hybridized carbons (Fsp3) is 0.818. The van der Waals surface area contributed by atoms with E-state index in [0.717, 1.165) is 13.1 Å². The van der Waals surface area contributed by atoms with E-state index in [-0.39, 0.29) is 23.7 Å². The van der Waals surface area contributed by atoms with Gasteiger partial charge in [0.2, 0.25) is 0 Å². The number of esters is 1. The molecule has 15 heavy (non-hydrogen) atoms. The van der Waals surface area contributed by atoms with E-state index in [1.54, 1.807) is 0 Å². The predicted molar refractivity (Wildman–Crippen MR) is 54.2 cm³/mol. The Hall–Kier alpha value is -0.900. The van der Waals surface area contributed by atoms with Crippen LogP contribution in [0.5, 0.6) is 0 Å². The molecule has 0 aromatic heterocycles. The average molecular weight is 211 g/mol.